The molecular weight excluding hydrogens is 194 g/mol. The Morgan fingerprint density at radius 2 is 2.00 bits per heavy atom. The summed E-state index contributed by atoms with van der Waals surface area (Å²) in [4.78, 5) is 33.8. The second-order valence-electron chi connectivity index (χ2n) is 3.96. The van der Waals surface area contributed by atoms with Gasteiger partial charge in [0.1, 0.15) is 6.29 Å². The van der Waals surface area contributed by atoms with Gasteiger partial charge in [0.05, 0.1) is 11.1 Å². The van der Waals surface area contributed by atoms with E-state index < -0.39 is 11.3 Å². The molecule has 0 aliphatic rings. The molecule has 0 saturated carbocycles. The molecule has 4 heteroatoms. The van der Waals surface area contributed by atoms with E-state index in [4.69, 9.17) is 0 Å². The van der Waals surface area contributed by atoms with Crippen molar-refractivity contribution in [3.63, 3.8) is 0 Å². The quantitative estimate of drug-likeness (QED) is 0.429. The van der Waals surface area contributed by atoms with Crippen LogP contribution in [0.3, 0.4) is 0 Å². The topological polar surface area (TPSA) is 56.1 Å². The van der Waals surface area contributed by atoms with E-state index in [1.165, 1.54) is 31.5 Å². The number of aromatic nitrogens is 1. The smallest absolute Gasteiger partial charge is 0.243 e. The summed E-state index contributed by atoms with van der Waals surface area (Å²) in [5.74, 6) is -0.595. The minimum Gasteiger partial charge on any atom is -0.302 e. The highest BCUT2D eigenvalue weighted by Gasteiger charge is 2.29. The summed E-state index contributed by atoms with van der Waals surface area (Å²) >= 11 is 0. The minimum atomic E-state index is -1.11. The molecule has 80 valence electrons. The van der Waals surface area contributed by atoms with E-state index in [0.717, 1.165) is 0 Å². The SMILES string of the molecule is CC(=O)c1cccn1C(=O)C(C)(C)C=O. The van der Waals surface area contributed by atoms with Crippen LogP contribution < -0.4 is 0 Å². The van der Waals surface area contributed by atoms with Crippen molar-refractivity contribution in [1.82, 2.24) is 4.57 Å². The zero-order valence-electron chi connectivity index (χ0n) is 8.98. The zero-order chi connectivity index (χ0) is 11.6. The van der Waals surface area contributed by atoms with Gasteiger partial charge in [0, 0.05) is 13.1 Å². The van der Waals surface area contributed by atoms with Crippen molar-refractivity contribution >= 4 is 18.0 Å². The highest BCUT2D eigenvalue weighted by molar-refractivity contribution is 6.02. The van der Waals surface area contributed by atoms with E-state index in [1.807, 2.05) is 0 Å². The van der Waals surface area contributed by atoms with Gasteiger partial charge in [-0.15, -0.1) is 0 Å². The van der Waals surface area contributed by atoms with E-state index in [1.54, 1.807) is 12.1 Å². The zero-order valence-corrected chi connectivity index (χ0v) is 8.98. The fourth-order valence-corrected chi connectivity index (χ4v) is 1.21. The summed E-state index contributed by atoms with van der Waals surface area (Å²) in [5, 5.41) is 0. The van der Waals surface area contributed by atoms with Crippen LogP contribution in [0.1, 0.15) is 36.1 Å². The third-order valence-electron chi connectivity index (χ3n) is 2.17. The summed E-state index contributed by atoms with van der Waals surface area (Å²) < 4.78 is 1.22. The molecule has 0 aliphatic heterocycles. The van der Waals surface area contributed by atoms with Crippen LogP contribution in [0.5, 0.6) is 0 Å². The lowest BCUT2D eigenvalue weighted by molar-refractivity contribution is -0.113. The molecule has 1 heterocycles. The van der Waals surface area contributed by atoms with Crippen LogP contribution in [0.4, 0.5) is 0 Å². The molecule has 0 amide bonds. The molecule has 0 N–H and O–H groups in total. The molecule has 0 fully saturated rings. The standard InChI is InChI=1S/C11H13NO3/c1-8(14)9-5-4-6-12(9)10(15)11(2,3)7-13/h4-7H,1-3H3. The average Bonchev–Trinajstić information content (AvgIpc) is 2.64. The monoisotopic (exact) mass is 207 g/mol. The van der Waals surface area contributed by atoms with Crippen molar-refractivity contribution in [2.45, 2.75) is 20.8 Å². The van der Waals surface area contributed by atoms with Gasteiger partial charge in [0.2, 0.25) is 5.91 Å². The summed E-state index contributed by atoms with van der Waals surface area (Å²) in [6, 6.07) is 3.16. The first-order valence-electron chi connectivity index (χ1n) is 4.59. The van der Waals surface area contributed by atoms with Gasteiger partial charge in [-0.25, -0.2) is 0 Å². The van der Waals surface area contributed by atoms with Crippen LogP contribution in [0.15, 0.2) is 18.3 Å². The van der Waals surface area contributed by atoms with Gasteiger partial charge < -0.3 is 4.79 Å². The van der Waals surface area contributed by atoms with Gasteiger partial charge in [-0.05, 0) is 26.0 Å². The predicted octanol–water partition coefficient (Wildman–Crippen LogP) is 1.56. The minimum absolute atomic E-state index is 0.199. The van der Waals surface area contributed by atoms with Crippen LogP contribution in [0.2, 0.25) is 0 Å². The second kappa shape index (κ2) is 3.81. The molecule has 0 atom stereocenters. The average molecular weight is 207 g/mol. The second-order valence-corrected chi connectivity index (χ2v) is 3.96. The highest BCUT2D eigenvalue weighted by atomic mass is 16.2. The van der Waals surface area contributed by atoms with Crippen molar-refractivity contribution in [2.75, 3.05) is 0 Å². The molecule has 1 rings (SSSR count). The highest BCUT2D eigenvalue weighted by Crippen LogP contribution is 2.17. The van der Waals surface area contributed by atoms with E-state index in [-0.39, 0.29) is 5.78 Å². The maximum Gasteiger partial charge on any atom is 0.243 e. The largest absolute Gasteiger partial charge is 0.302 e. The van der Waals surface area contributed by atoms with Gasteiger partial charge >= 0.3 is 0 Å². The van der Waals surface area contributed by atoms with Crippen molar-refractivity contribution in [3.8, 4) is 0 Å². The molecule has 0 unspecified atom stereocenters. The van der Waals surface area contributed by atoms with Gasteiger partial charge in [0.15, 0.2) is 5.78 Å². The molecule has 0 aliphatic carbocycles. The van der Waals surface area contributed by atoms with Crippen LogP contribution in [-0.2, 0) is 4.79 Å². The molecular formula is C11H13NO3. The summed E-state index contributed by atoms with van der Waals surface area (Å²) in [6.07, 6.45) is 2.07. The Labute approximate surface area is 87.9 Å². The summed E-state index contributed by atoms with van der Waals surface area (Å²) in [5.41, 5.74) is -0.807. The third kappa shape index (κ3) is 2.03. The molecule has 1 aromatic rings. The van der Waals surface area contributed by atoms with Crippen molar-refractivity contribution < 1.29 is 14.4 Å². The van der Waals surface area contributed by atoms with Gasteiger partial charge in [-0.1, -0.05) is 0 Å². The van der Waals surface area contributed by atoms with Gasteiger partial charge in [-0.2, -0.15) is 0 Å². The Bertz CT molecular complexity index is 415. The van der Waals surface area contributed by atoms with E-state index in [9.17, 15) is 14.4 Å². The number of rotatable bonds is 3. The normalized spacial score (nSPS) is 11.1. The fourth-order valence-electron chi connectivity index (χ4n) is 1.21. The molecule has 0 bridgehead atoms. The molecule has 4 nitrogen and oxygen atoms in total. The third-order valence-corrected chi connectivity index (χ3v) is 2.17. The van der Waals surface area contributed by atoms with E-state index in [2.05, 4.69) is 0 Å². The maximum absolute atomic E-state index is 11.9. The first-order valence-corrected chi connectivity index (χ1v) is 4.59. The molecule has 0 spiro atoms. The number of Topliss-reactive ketones (excluding diaryl/α,β-unsaturated/α-hetero) is 1. The Morgan fingerprint density at radius 3 is 2.47 bits per heavy atom. The lowest BCUT2D eigenvalue weighted by Crippen LogP contribution is -2.32. The molecule has 0 saturated heterocycles. The molecule has 0 aromatic carbocycles. The Morgan fingerprint density at radius 1 is 1.40 bits per heavy atom. The molecule has 0 radical (unpaired) electrons. The number of hydrogen-bond acceptors (Lipinski definition) is 3. The summed E-state index contributed by atoms with van der Waals surface area (Å²) in [7, 11) is 0. The number of ketones is 1. The van der Waals surface area contributed by atoms with Crippen molar-refractivity contribution in [1.29, 1.82) is 0 Å². The number of carbonyl (C=O) groups excluding carboxylic acids is 3. The maximum atomic E-state index is 11.9. The lowest BCUT2D eigenvalue weighted by atomic mass is 9.94. The first kappa shape index (κ1) is 11.4. The number of aldehydes is 1. The van der Waals surface area contributed by atoms with Crippen LogP contribution >= 0.6 is 0 Å². The van der Waals surface area contributed by atoms with E-state index in [0.29, 0.717) is 12.0 Å². The Kier molecular flexibility index (Phi) is 2.88. The van der Waals surface area contributed by atoms with Gasteiger partial charge in [-0.3, -0.25) is 14.2 Å². The summed E-state index contributed by atoms with van der Waals surface area (Å²) in [6.45, 7) is 4.42. The van der Waals surface area contributed by atoms with E-state index >= 15 is 0 Å². The van der Waals surface area contributed by atoms with Crippen LogP contribution in [0.25, 0.3) is 0 Å². The first-order chi connectivity index (χ1) is 6.90. The molecule has 1 aromatic heterocycles. The number of hydrogen-bond donors (Lipinski definition) is 0. The van der Waals surface area contributed by atoms with Crippen molar-refractivity contribution in [3.05, 3.63) is 24.0 Å². The molecule has 15 heavy (non-hydrogen) atoms. The Hall–Kier alpha value is -1.71. The number of carbonyl (C=O) groups is 3. The van der Waals surface area contributed by atoms with Crippen LogP contribution in [-0.4, -0.2) is 22.5 Å². The Balaban J connectivity index is 3.18. The predicted molar refractivity (Wildman–Crippen MR) is 54.9 cm³/mol. The van der Waals surface area contributed by atoms with Crippen LogP contribution in [0, 0.1) is 5.41 Å². The number of nitrogens with zero attached hydrogens (tertiary/aromatic N) is 1. The van der Waals surface area contributed by atoms with Gasteiger partial charge in [0.25, 0.3) is 0 Å². The van der Waals surface area contributed by atoms with Crippen molar-refractivity contribution in [2.24, 2.45) is 5.41 Å². The fraction of sp³-hybridized carbons (Fsp3) is 0.364. The lowest BCUT2D eigenvalue weighted by Gasteiger charge is -2.16.